The number of aliphatic imine (C=N–C) groups is 2. The Hall–Kier alpha value is -1.65. The number of rotatable bonds is 1. The van der Waals surface area contributed by atoms with Gasteiger partial charge in [0.15, 0.2) is 11.9 Å². The Morgan fingerprint density at radius 3 is 2.24 bits per heavy atom. The smallest absolute Gasteiger partial charge is 0.339 e. The summed E-state index contributed by atoms with van der Waals surface area (Å²) in [6.45, 7) is 11.7. The van der Waals surface area contributed by atoms with E-state index in [9.17, 15) is 4.79 Å². The zero-order chi connectivity index (χ0) is 13.1. The Morgan fingerprint density at radius 2 is 2.06 bits per heavy atom. The van der Waals surface area contributed by atoms with Crippen molar-refractivity contribution in [2.45, 2.75) is 38.8 Å². The van der Waals surface area contributed by atoms with Gasteiger partial charge in [0.25, 0.3) is 0 Å². The second-order valence-electron chi connectivity index (χ2n) is 4.95. The minimum atomic E-state index is -0.639. The molecular weight excluding hydrogens is 220 g/mol. The van der Waals surface area contributed by atoms with Gasteiger partial charge in [-0.25, -0.2) is 14.8 Å². The zero-order valence-corrected chi connectivity index (χ0v) is 10.7. The number of hydrogen-bond acceptors (Lipinski definition) is 5. The van der Waals surface area contributed by atoms with Crippen LogP contribution in [0.2, 0.25) is 0 Å². The molecule has 0 saturated heterocycles. The molecule has 0 bridgehead atoms. The molecule has 94 valence electrons. The van der Waals surface area contributed by atoms with Crippen LogP contribution in [0.4, 0.5) is 0 Å². The van der Waals surface area contributed by atoms with Crippen LogP contribution in [0.15, 0.2) is 22.6 Å². The van der Waals surface area contributed by atoms with E-state index in [4.69, 9.17) is 4.74 Å². The first-order chi connectivity index (χ1) is 7.77. The van der Waals surface area contributed by atoms with Crippen LogP contribution in [0, 0.1) is 0 Å². The van der Waals surface area contributed by atoms with E-state index >= 15 is 0 Å². The molecule has 2 rings (SSSR count). The Balaban J connectivity index is 0.000000171. The molecule has 5 heteroatoms. The van der Waals surface area contributed by atoms with Gasteiger partial charge in [0, 0.05) is 0 Å². The Bertz CT molecular complexity index is 381. The molecule has 0 saturated carbocycles. The highest BCUT2D eigenvalue weighted by atomic mass is 16.5. The summed E-state index contributed by atoms with van der Waals surface area (Å²) in [6.07, 6.45) is 2.82. The third kappa shape index (κ3) is 3.69. The fourth-order valence-electron chi connectivity index (χ4n) is 1.12. The highest BCUT2D eigenvalue weighted by molar-refractivity contribution is 5.91. The van der Waals surface area contributed by atoms with Gasteiger partial charge in [0.2, 0.25) is 5.90 Å². The van der Waals surface area contributed by atoms with Crippen molar-refractivity contribution in [1.82, 2.24) is 0 Å². The van der Waals surface area contributed by atoms with Gasteiger partial charge in [-0.05, 0) is 33.8 Å². The summed E-state index contributed by atoms with van der Waals surface area (Å²) in [5, 5.41) is 0. The SMILES string of the molecule is C=CC1=NC(C)(C)CO1.CC1(C)N=COC1=O. The number of nitrogens with zero attached hydrogens (tertiary/aromatic N) is 2. The number of carbonyl (C=O) groups is 1. The molecule has 17 heavy (non-hydrogen) atoms. The average molecular weight is 238 g/mol. The fraction of sp³-hybridized carbons (Fsp3) is 0.583. The minimum absolute atomic E-state index is 0.0382. The molecule has 0 aromatic rings. The molecule has 2 heterocycles. The predicted molar refractivity (Wildman–Crippen MR) is 66.3 cm³/mol. The Labute approximate surface area is 101 Å². The highest BCUT2D eigenvalue weighted by Crippen LogP contribution is 2.16. The Morgan fingerprint density at radius 1 is 1.41 bits per heavy atom. The largest absolute Gasteiger partial charge is 0.475 e. The lowest BCUT2D eigenvalue weighted by atomic mass is 10.1. The van der Waals surface area contributed by atoms with Crippen LogP contribution >= 0.6 is 0 Å². The molecule has 2 aliphatic heterocycles. The van der Waals surface area contributed by atoms with Gasteiger partial charge in [-0.2, -0.15) is 0 Å². The summed E-state index contributed by atoms with van der Waals surface area (Å²) in [6, 6.07) is 0. The van der Waals surface area contributed by atoms with Crippen molar-refractivity contribution in [2.24, 2.45) is 9.98 Å². The first-order valence-electron chi connectivity index (χ1n) is 5.37. The molecular formula is C12H18N2O3. The van der Waals surface area contributed by atoms with Crippen molar-refractivity contribution in [3.05, 3.63) is 12.7 Å². The fourth-order valence-corrected chi connectivity index (χ4v) is 1.12. The van der Waals surface area contributed by atoms with Gasteiger partial charge in [-0.3, -0.25) is 0 Å². The number of esters is 1. The second kappa shape index (κ2) is 4.69. The third-order valence-corrected chi connectivity index (χ3v) is 2.20. The van der Waals surface area contributed by atoms with E-state index in [0.717, 1.165) is 0 Å². The van der Waals surface area contributed by atoms with E-state index in [1.165, 1.54) is 6.40 Å². The van der Waals surface area contributed by atoms with E-state index in [0.29, 0.717) is 12.5 Å². The minimum Gasteiger partial charge on any atom is -0.475 e. The molecule has 0 N–H and O–H groups in total. The summed E-state index contributed by atoms with van der Waals surface area (Å²) < 4.78 is 9.59. The predicted octanol–water partition coefficient (Wildman–Crippen LogP) is 1.73. The van der Waals surface area contributed by atoms with Gasteiger partial charge < -0.3 is 9.47 Å². The highest BCUT2D eigenvalue weighted by Gasteiger charge is 2.31. The van der Waals surface area contributed by atoms with Gasteiger partial charge in [0.1, 0.15) is 6.61 Å². The molecule has 5 nitrogen and oxygen atoms in total. The van der Waals surface area contributed by atoms with Crippen molar-refractivity contribution in [2.75, 3.05) is 6.61 Å². The molecule has 0 aliphatic carbocycles. The summed E-state index contributed by atoms with van der Waals surface area (Å²) in [5.41, 5.74) is -0.677. The first kappa shape index (κ1) is 13.4. The lowest BCUT2D eigenvalue weighted by Gasteiger charge is -2.07. The maximum atomic E-state index is 10.5. The maximum absolute atomic E-state index is 10.5. The second-order valence-corrected chi connectivity index (χ2v) is 4.95. The quantitative estimate of drug-likeness (QED) is 0.654. The summed E-state index contributed by atoms with van der Waals surface area (Å²) >= 11 is 0. The molecule has 0 aromatic carbocycles. The van der Waals surface area contributed by atoms with Crippen LogP contribution in [-0.2, 0) is 14.3 Å². The standard InChI is InChI=1S/C7H11NO.C5H7NO2/c1-4-6-8-7(2,3)5-9-6;1-5(2)4(7)8-3-6-5/h4H,1,5H2,2-3H3;3H,1-2H3. The summed E-state index contributed by atoms with van der Waals surface area (Å²) in [7, 11) is 0. The van der Waals surface area contributed by atoms with E-state index in [-0.39, 0.29) is 11.5 Å². The van der Waals surface area contributed by atoms with Crippen LogP contribution in [0.1, 0.15) is 27.7 Å². The number of ether oxygens (including phenoxy) is 2. The first-order valence-corrected chi connectivity index (χ1v) is 5.37. The Kier molecular flexibility index (Phi) is 3.70. The van der Waals surface area contributed by atoms with Crippen LogP contribution in [0.3, 0.4) is 0 Å². The molecule has 0 spiro atoms. The van der Waals surface area contributed by atoms with Crippen molar-refractivity contribution in [1.29, 1.82) is 0 Å². The van der Waals surface area contributed by atoms with Crippen molar-refractivity contribution in [3.8, 4) is 0 Å². The van der Waals surface area contributed by atoms with E-state index < -0.39 is 5.54 Å². The van der Waals surface area contributed by atoms with E-state index in [1.807, 2.05) is 13.8 Å². The number of cyclic esters (lactones) is 1. The monoisotopic (exact) mass is 238 g/mol. The van der Waals surface area contributed by atoms with Crippen LogP contribution in [0.5, 0.6) is 0 Å². The van der Waals surface area contributed by atoms with E-state index in [1.54, 1.807) is 19.9 Å². The van der Waals surface area contributed by atoms with Gasteiger partial charge >= 0.3 is 5.97 Å². The maximum Gasteiger partial charge on any atom is 0.339 e. The van der Waals surface area contributed by atoms with Gasteiger partial charge in [-0.15, -0.1) is 0 Å². The van der Waals surface area contributed by atoms with Gasteiger partial charge in [0.05, 0.1) is 5.54 Å². The zero-order valence-electron chi connectivity index (χ0n) is 10.7. The van der Waals surface area contributed by atoms with Crippen molar-refractivity contribution in [3.63, 3.8) is 0 Å². The summed E-state index contributed by atoms with van der Waals surface area (Å²) in [4.78, 5) is 18.5. The van der Waals surface area contributed by atoms with Crippen molar-refractivity contribution >= 4 is 18.3 Å². The number of carbonyl (C=O) groups excluding carboxylic acids is 1. The van der Waals surface area contributed by atoms with Crippen molar-refractivity contribution < 1.29 is 14.3 Å². The van der Waals surface area contributed by atoms with E-state index in [2.05, 4.69) is 21.3 Å². The molecule has 0 atom stereocenters. The normalized spacial score (nSPS) is 23.1. The molecule has 2 aliphatic rings. The van der Waals surface area contributed by atoms with Gasteiger partial charge in [-0.1, -0.05) is 6.58 Å². The summed E-state index contributed by atoms with van der Waals surface area (Å²) in [5.74, 6) is 0.387. The molecule has 0 amide bonds. The molecule has 0 radical (unpaired) electrons. The van der Waals surface area contributed by atoms with Crippen LogP contribution < -0.4 is 0 Å². The molecule has 0 fully saturated rings. The lowest BCUT2D eigenvalue weighted by Crippen LogP contribution is -2.24. The topological polar surface area (TPSA) is 60.3 Å². The number of hydrogen-bond donors (Lipinski definition) is 0. The van der Waals surface area contributed by atoms with Crippen LogP contribution in [-0.4, -0.2) is 36.0 Å². The third-order valence-electron chi connectivity index (χ3n) is 2.20. The van der Waals surface area contributed by atoms with Crippen LogP contribution in [0.25, 0.3) is 0 Å². The molecule has 0 unspecified atom stereocenters. The lowest BCUT2D eigenvalue weighted by molar-refractivity contribution is -0.137. The molecule has 0 aromatic heterocycles. The average Bonchev–Trinajstić information content (AvgIpc) is 2.72.